The molecule has 0 fully saturated rings. The van der Waals surface area contributed by atoms with Gasteiger partial charge in [0, 0.05) is 17.7 Å². The smallest absolute Gasteiger partial charge is 0.325 e. The van der Waals surface area contributed by atoms with Crippen LogP contribution in [0.2, 0.25) is 0 Å². The zero-order chi connectivity index (χ0) is 18.7. The molecule has 0 bridgehead atoms. The summed E-state index contributed by atoms with van der Waals surface area (Å²) in [4.78, 5) is 17.2. The third-order valence-corrected chi connectivity index (χ3v) is 3.65. The van der Waals surface area contributed by atoms with Gasteiger partial charge >= 0.3 is 6.03 Å². The van der Waals surface area contributed by atoms with E-state index < -0.39 is 6.03 Å². The Hall–Kier alpha value is -3.35. The minimum atomic E-state index is -0.653. The number of benzene rings is 1. The zero-order valence-electron chi connectivity index (χ0n) is 14.8. The number of anilines is 2. The first-order valence-corrected chi connectivity index (χ1v) is 8.09. The van der Waals surface area contributed by atoms with Gasteiger partial charge in [0.25, 0.3) is 0 Å². The van der Waals surface area contributed by atoms with Crippen LogP contribution in [0.4, 0.5) is 16.3 Å². The maximum atomic E-state index is 12.0. The van der Waals surface area contributed by atoms with Crippen molar-refractivity contribution in [3.8, 4) is 11.5 Å². The number of aromatic nitrogens is 2. The van der Waals surface area contributed by atoms with Crippen LogP contribution in [0.1, 0.15) is 26.5 Å². The monoisotopic (exact) mass is 352 g/mol. The molecule has 26 heavy (non-hydrogen) atoms. The second-order valence-electron chi connectivity index (χ2n) is 6.76. The second kappa shape index (κ2) is 6.87. The highest BCUT2D eigenvalue weighted by Crippen LogP contribution is 2.31. The first-order valence-electron chi connectivity index (χ1n) is 8.09. The molecule has 7 heteroatoms. The van der Waals surface area contributed by atoms with Crippen molar-refractivity contribution in [2.75, 3.05) is 4.90 Å². The van der Waals surface area contributed by atoms with E-state index in [1.165, 1.54) is 4.90 Å². The van der Waals surface area contributed by atoms with Gasteiger partial charge in [-0.25, -0.2) is 9.69 Å². The van der Waals surface area contributed by atoms with Gasteiger partial charge in [-0.15, -0.1) is 0 Å². The third-order valence-electron chi connectivity index (χ3n) is 3.65. The Morgan fingerprint density at radius 3 is 2.42 bits per heavy atom. The molecule has 0 radical (unpaired) electrons. The summed E-state index contributed by atoms with van der Waals surface area (Å²) in [5.41, 5.74) is 5.88. The highest BCUT2D eigenvalue weighted by atomic mass is 16.5. The van der Waals surface area contributed by atoms with Crippen LogP contribution in [0.15, 0.2) is 59.4 Å². The molecule has 0 aliphatic rings. The Kier molecular flexibility index (Phi) is 4.62. The first-order chi connectivity index (χ1) is 12.3. The number of carbonyl (C=O) groups excluding carboxylic acids is 1. The summed E-state index contributed by atoms with van der Waals surface area (Å²) in [6.45, 7) is 5.99. The number of nitrogens with zero attached hydrogens (tertiary/aromatic N) is 3. The summed E-state index contributed by atoms with van der Waals surface area (Å²) in [7, 11) is 0. The Balaban J connectivity index is 1.85. The van der Waals surface area contributed by atoms with E-state index >= 15 is 0 Å². The van der Waals surface area contributed by atoms with Gasteiger partial charge in [-0.3, -0.25) is 4.98 Å². The minimum Gasteiger partial charge on any atom is -0.456 e. The van der Waals surface area contributed by atoms with Gasteiger partial charge in [-0.1, -0.05) is 25.9 Å². The van der Waals surface area contributed by atoms with Crippen LogP contribution in [0.3, 0.4) is 0 Å². The fourth-order valence-corrected chi connectivity index (χ4v) is 2.30. The van der Waals surface area contributed by atoms with Crippen LogP contribution in [-0.4, -0.2) is 16.2 Å². The predicted octanol–water partition coefficient (Wildman–Crippen LogP) is 4.38. The van der Waals surface area contributed by atoms with Crippen molar-refractivity contribution in [1.29, 1.82) is 0 Å². The van der Waals surface area contributed by atoms with Crippen molar-refractivity contribution in [2.24, 2.45) is 5.73 Å². The van der Waals surface area contributed by atoms with Crippen LogP contribution in [0, 0.1) is 0 Å². The summed E-state index contributed by atoms with van der Waals surface area (Å²) in [5.74, 6) is 2.23. The number of primary amides is 1. The van der Waals surface area contributed by atoms with Gasteiger partial charge in [0.15, 0.2) is 5.82 Å². The molecule has 0 spiro atoms. The standard InChI is InChI=1S/C19H20N4O3/c1-19(2,3)16-11-17(22-26-16)23(18(20)24)13-6-8-14(9-7-13)25-15-5-4-10-21-12-15/h4-12H,1-3H3,(H2,20,24). The Labute approximate surface area is 151 Å². The number of urea groups is 1. The number of nitrogens with two attached hydrogens (primary N) is 1. The molecule has 0 aliphatic carbocycles. The SMILES string of the molecule is CC(C)(C)c1cc(N(C(N)=O)c2ccc(Oc3cccnc3)cc2)no1. The molecule has 0 unspecified atom stereocenters. The Bertz CT molecular complexity index is 883. The van der Waals surface area contributed by atoms with Gasteiger partial charge in [0.1, 0.15) is 17.3 Å². The van der Waals surface area contributed by atoms with Crippen LogP contribution < -0.4 is 15.4 Å². The number of rotatable bonds is 4. The molecule has 7 nitrogen and oxygen atoms in total. The maximum absolute atomic E-state index is 12.0. The van der Waals surface area contributed by atoms with Gasteiger partial charge in [-0.05, 0) is 36.4 Å². The van der Waals surface area contributed by atoms with Gasteiger partial charge in [0.05, 0.1) is 11.9 Å². The van der Waals surface area contributed by atoms with Crippen molar-refractivity contribution in [1.82, 2.24) is 10.1 Å². The molecule has 2 N–H and O–H groups in total. The molecule has 0 saturated heterocycles. The topological polar surface area (TPSA) is 94.5 Å². The first kappa shape index (κ1) is 17.5. The lowest BCUT2D eigenvalue weighted by molar-refractivity contribution is 0.255. The number of amides is 2. The van der Waals surface area contributed by atoms with E-state index in [0.29, 0.717) is 28.8 Å². The Morgan fingerprint density at radius 2 is 1.88 bits per heavy atom. The van der Waals surface area contributed by atoms with Crippen molar-refractivity contribution in [2.45, 2.75) is 26.2 Å². The zero-order valence-corrected chi connectivity index (χ0v) is 14.8. The van der Waals surface area contributed by atoms with E-state index in [1.54, 1.807) is 54.9 Å². The van der Waals surface area contributed by atoms with E-state index in [-0.39, 0.29) is 5.41 Å². The van der Waals surface area contributed by atoms with E-state index in [4.69, 9.17) is 15.0 Å². The molecule has 134 valence electrons. The summed E-state index contributed by atoms with van der Waals surface area (Å²) >= 11 is 0. The predicted molar refractivity (Wildman–Crippen MR) is 97.7 cm³/mol. The van der Waals surface area contributed by atoms with E-state index in [2.05, 4.69) is 10.1 Å². The van der Waals surface area contributed by atoms with Crippen LogP contribution in [-0.2, 0) is 5.41 Å². The average molecular weight is 352 g/mol. The fourth-order valence-electron chi connectivity index (χ4n) is 2.30. The van der Waals surface area contributed by atoms with E-state index in [9.17, 15) is 4.79 Å². The molecule has 0 atom stereocenters. The maximum Gasteiger partial charge on any atom is 0.325 e. The average Bonchev–Trinajstić information content (AvgIpc) is 3.07. The Morgan fingerprint density at radius 1 is 1.15 bits per heavy atom. The normalized spacial score (nSPS) is 11.2. The third kappa shape index (κ3) is 3.83. The lowest BCUT2D eigenvalue weighted by Crippen LogP contribution is -2.31. The minimum absolute atomic E-state index is 0.226. The highest BCUT2D eigenvalue weighted by molar-refractivity contribution is 5.97. The molecular weight excluding hydrogens is 332 g/mol. The molecule has 3 rings (SSSR count). The van der Waals surface area contributed by atoms with E-state index in [0.717, 1.165) is 0 Å². The summed E-state index contributed by atoms with van der Waals surface area (Å²) in [6, 6.07) is 11.6. The summed E-state index contributed by atoms with van der Waals surface area (Å²) in [5, 5.41) is 3.98. The summed E-state index contributed by atoms with van der Waals surface area (Å²) in [6.07, 6.45) is 3.29. The van der Waals surface area contributed by atoms with Gasteiger partial charge in [-0.2, -0.15) is 0 Å². The van der Waals surface area contributed by atoms with Crippen molar-refractivity contribution in [3.63, 3.8) is 0 Å². The number of hydrogen-bond acceptors (Lipinski definition) is 5. The largest absolute Gasteiger partial charge is 0.456 e. The molecule has 2 amide bonds. The number of carbonyl (C=O) groups is 1. The number of ether oxygens (including phenoxy) is 1. The number of hydrogen-bond donors (Lipinski definition) is 1. The summed E-state index contributed by atoms with van der Waals surface area (Å²) < 4.78 is 11.1. The van der Waals surface area contributed by atoms with Crippen molar-refractivity contribution >= 4 is 17.5 Å². The lowest BCUT2D eigenvalue weighted by atomic mass is 9.93. The lowest BCUT2D eigenvalue weighted by Gasteiger charge is -2.17. The van der Waals surface area contributed by atoms with Crippen LogP contribution in [0.5, 0.6) is 11.5 Å². The van der Waals surface area contributed by atoms with Crippen LogP contribution >= 0.6 is 0 Å². The van der Waals surface area contributed by atoms with Crippen LogP contribution in [0.25, 0.3) is 0 Å². The molecular formula is C19H20N4O3. The second-order valence-corrected chi connectivity index (χ2v) is 6.76. The molecule has 0 saturated carbocycles. The molecule has 2 aromatic heterocycles. The highest BCUT2D eigenvalue weighted by Gasteiger charge is 2.24. The molecule has 1 aromatic carbocycles. The van der Waals surface area contributed by atoms with Gasteiger partial charge in [0.2, 0.25) is 0 Å². The number of pyridine rings is 1. The fraction of sp³-hybridized carbons (Fsp3) is 0.211. The van der Waals surface area contributed by atoms with Crippen molar-refractivity contribution < 1.29 is 14.1 Å². The van der Waals surface area contributed by atoms with Gasteiger partial charge < -0.3 is 15.0 Å². The van der Waals surface area contributed by atoms with E-state index in [1.807, 2.05) is 20.8 Å². The van der Waals surface area contributed by atoms with Crippen molar-refractivity contribution in [3.05, 3.63) is 60.6 Å². The molecule has 0 aliphatic heterocycles. The molecule has 3 aromatic rings. The quantitative estimate of drug-likeness (QED) is 0.752. The molecule has 2 heterocycles.